The van der Waals surface area contributed by atoms with Crippen LogP contribution in [0.3, 0.4) is 0 Å². The van der Waals surface area contributed by atoms with Crippen molar-refractivity contribution in [2.45, 2.75) is 27.7 Å². The molecule has 1 aliphatic heterocycles. The Labute approximate surface area is 220 Å². The summed E-state index contributed by atoms with van der Waals surface area (Å²) in [6.45, 7) is 7.64. The number of benzene rings is 3. The van der Waals surface area contributed by atoms with Gasteiger partial charge in [-0.25, -0.2) is 0 Å². The second kappa shape index (κ2) is 9.75. The van der Waals surface area contributed by atoms with E-state index in [0.717, 1.165) is 55.8 Å². The Bertz CT molecular complexity index is 1620. The summed E-state index contributed by atoms with van der Waals surface area (Å²) in [6, 6.07) is 22.1. The van der Waals surface area contributed by atoms with E-state index in [-0.39, 0.29) is 6.54 Å². The third-order valence-corrected chi connectivity index (χ3v) is 7.62. The Morgan fingerprint density at radius 2 is 1.65 bits per heavy atom. The van der Waals surface area contributed by atoms with Gasteiger partial charge in [0.05, 0.1) is 4.91 Å². The highest BCUT2D eigenvalue weighted by molar-refractivity contribution is 8.18. The van der Waals surface area contributed by atoms with E-state index in [2.05, 4.69) is 40.2 Å². The highest BCUT2D eigenvalue weighted by atomic mass is 32.2. The topological polar surface area (TPSA) is 71.4 Å². The Balaban J connectivity index is 1.36. The Morgan fingerprint density at radius 1 is 0.892 bits per heavy atom. The number of thioether (sulfide) groups is 1. The van der Waals surface area contributed by atoms with Crippen LogP contribution < -0.4 is 5.32 Å². The number of aryl methyl sites for hydroxylation is 3. The fraction of sp³-hybridized carbons (Fsp3) is 0.167. The summed E-state index contributed by atoms with van der Waals surface area (Å²) in [5.74, 6) is -0.873. The average Bonchev–Trinajstić information content (AvgIpc) is 3.29. The molecule has 186 valence electrons. The van der Waals surface area contributed by atoms with Crippen molar-refractivity contribution in [1.82, 2.24) is 9.47 Å². The number of hydrogen-bond donors (Lipinski definition) is 1. The number of carbonyl (C=O) groups excluding carboxylic acids is 3. The largest absolute Gasteiger partial charge is 0.325 e. The molecule has 1 aliphatic rings. The quantitative estimate of drug-likeness (QED) is 0.310. The van der Waals surface area contributed by atoms with Gasteiger partial charge in [0, 0.05) is 22.8 Å². The van der Waals surface area contributed by atoms with Gasteiger partial charge in [0.15, 0.2) is 0 Å². The smallest absolute Gasteiger partial charge is 0.294 e. The van der Waals surface area contributed by atoms with Gasteiger partial charge >= 0.3 is 0 Å². The summed E-state index contributed by atoms with van der Waals surface area (Å²) < 4.78 is 2.14. The second-order valence-electron chi connectivity index (χ2n) is 9.31. The highest BCUT2D eigenvalue weighted by Gasteiger charge is 2.36. The summed E-state index contributed by atoms with van der Waals surface area (Å²) in [7, 11) is 0. The van der Waals surface area contributed by atoms with E-state index in [1.165, 1.54) is 5.39 Å². The van der Waals surface area contributed by atoms with Crippen LogP contribution in [-0.2, 0) is 9.59 Å². The fourth-order valence-corrected chi connectivity index (χ4v) is 5.42. The van der Waals surface area contributed by atoms with Crippen molar-refractivity contribution in [3.8, 4) is 5.69 Å². The van der Waals surface area contributed by atoms with Gasteiger partial charge in [0.25, 0.3) is 11.1 Å². The molecule has 0 radical (unpaired) electrons. The highest BCUT2D eigenvalue weighted by Crippen LogP contribution is 2.34. The first kappa shape index (κ1) is 24.6. The van der Waals surface area contributed by atoms with Gasteiger partial charge in [-0.15, -0.1) is 0 Å². The Kier molecular flexibility index (Phi) is 6.48. The SMILES string of the molecule is Cc1ccc(NC(=O)CN2C(=O)S/C(=C/c3cc(C)n(-c4ccc5ccccc5c4)c3C)C2=O)cc1C. The molecule has 1 N–H and O–H groups in total. The number of carbonyl (C=O) groups is 3. The zero-order valence-corrected chi connectivity index (χ0v) is 22.0. The van der Waals surface area contributed by atoms with Gasteiger partial charge in [-0.1, -0.05) is 36.4 Å². The van der Waals surface area contributed by atoms with Crippen LogP contribution in [0.2, 0.25) is 0 Å². The van der Waals surface area contributed by atoms with Crippen molar-refractivity contribution in [3.05, 3.63) is 99.7 Å². The number of hydrogen-bond acceptors (Lipinski definition) is 4. The summed E-state index contributed by atoms with van der Waals surface area (Å²) in [5, 5.41) is 4.64. The number of rotatable bonds is 5. The van der Waals surface area contributed by atoms with E-state index in [9.17, 15) is 14.4 Å². The third-order valence-electron chi connectivity index (χ3n) is 6.71. The standard InChI is InChI=1S/C30H27N3O3S/c1-18-9-11-25(13-19(18)2)31-28(34)17-32-29(35)27(37-30(32)36)16-24-14-20(3)33(21(24)4)26-12-10-22-7-5-6-8-23(22)15-26/h5-16H,17H2,1-4H3,(H,31,34)/b27-16+. The minimum atomic E-state index is -0.458. The monoisotopic (exact) mass is 509 g/mol. The molecule has 0 saturated carbocycles. The second-order valence-corrected chi connectivity index (χ2v) is 10.3. The van der Waals surface area contributed by atoms with E-state index in [1.807, 2.05) is 58.0 Å². The molecule has 1 fully saturated rings. The molecule has 1 aromatic heterocycles. The van der Waals surface area contributed by atoms with Gasteiger partial charge in [0.2, 0.25) is 5.91 Å². The van der Waals surface area contributed by atoms with Gasteiger partial charge in [-0.2, -0.15) is 0 Å². The van der Waals surface area contributed by atoms with E-state index in [0.29, 0.717) is 10.6 Å². The minimum Gasteiger partial charge on any atom is -0.325 e. The van der Waals surface area contributed by atoms with Crippen LogP contribution in [0.25, 0.3) is 22.5 Å². The van der Waals surface area contributed by atoms with Crippen LogP contribution in [0.4, 0.5) is 10.5 Å². The van der Waals surface area contributed by atoms with Crippen LogP contribution in [0.5, 0.6) is 0 Å². The number of anilines is 1. The van der Waals surface area contributed by atoms with Crippen LogP contribution in [0.15, 0.2) is 71.6 Å². The number of imide groups is 1. The molecule has 1 saturated heterocycles. The predicted molar refractivity (Wildman–Crippen MR) is 150 cm³/mol. The number of nitrogens with one attached hydrogen (secondary N) is 1. The molecule has 0 aliphatic carbocycles. The summed E-state index contributed by atoms with van der Waals surface area (Å²) in [4.78, 5) is 39.6. The molecule has 0 spiro atoms. The zero-order chi connectivity index (χ0) is 26.3. The fourth-order valence-electron chi connectivity index (χ4n) is 4.59. The van der Waals surface area contributed by atoms with Crippen molar-refractivity contribution in [1.29, 1.82) is 0 Å². The lowest BCUT2D eigenvalue weighted by Crippen LogP contribution is -2.36. The lowest BCUT2D eigenvalue weighted by molar-refractivity contribution is -0.127. The van der Waals surface area contributed by atoms with Crippen LogP contribution in [-0.4, -0.2) is 33.1 Å². The van der Waals surface area contributed by atoms with Crippen molar-refractivity contribution >= 4 is 51.4 Å². The lowest BCUT2D eigenvalue weighted by Gasteiger charge is -2.13. The van der Waals surface area contributed by atoms with Crippen LogP contribution in [0, 0.1) is 27.7 Å². The summed E-state index contributed by atoms with van der Waals surface area (Å²) in [6.07, 6.45) is 1.74. The van der Waals surface area contributed by atoms with Crippen LogP contribution >= 0.6 is 11.8 Å². The lowest BCUT2D eigenvalue weighted by atomic mass is 10.1. The number of nitrogens with zero attached hydrogens (tertiary/aromatic N) is 2. The normalized spacial score (nSPS) is 14.7. The molecule has 2 heterocycles. The molecule has 0 unspecified atom stereocenters. The zero-order valence-electron chi connectivity index (χ0n) is 21.2. The van der Waals surface area contributed by atoms with Gasteiger partial charge in [-0.05, 0) is 103 Å². The molecular weight excluding hydrogens is 482 g/mol. The molecule has 37 heavy (non-hydrogen) atoms. The first-order valence-corrected chi connectivity index (χ1v) is 12.8. The molecule has 0 atom stereocenters. The van der Waals surface area contributed by atoms with E-state index in [1.54, 1.807) is 12.1 Å². The molecule has 3 amide bonds. The van der Waals surface area contributed by atoms with Gasteiger partial charge in [-0.3, -0.25) is 19.3 Å². The molecule has 7 heteroatoms. The van der Waals surface area contributed by atoms with E-state index >= 15 is 0 Å². The number of aromatic nitrogens is 1. The Morgan fingerprint density at radius 3 is 2.41 bits per heavy atom. The number of amides is 3. The Hall–Kier alpha value is -4.10. The molecule has 0 bridgehead atoms. The third kappa shape index (κ3) is 4.82. The van der Waals surface area contributed by atoms with Gasteiger partial charge in [0.1, 0.15) is 6.54 Å². The first-order chi connectivity index (χ1) is 17.7. The maximum atomic E-state index is 13.1. The average molecular weight is 510 g/mol. The van der Waals surface area contributed by atoms with Crippen LogP contribution in [0.1, 0.15) is 28.1 Å². The van der Waals surface area contributed by atoms with E-state index < -0.39 is 17.1 Å². The van der Waals surface area contributed by atoms with Crippen molar-refractivity contribution < 1.29 is 14.4 Å². The maximum absolute atomic E-state index is 13.1. The van der Waals surface area contributed by atoms with Gasteiger partial charge < -0.3 is 9.88 Å². The molecule has 5 rings (SSSR count). The minimum absolute atomic E-state index is 0.308. The first-order valence-electron chi connectivity index (χ1n) is 12.0. The number of fused-ring (bicyclic) bond motifs is 1. The summed E-state index contributed by atoms with van der Waals surface area (Å²) >= 11 is 0.860. The van der Waals surface area contributed by atoms with Crippen molar-refractivity contribution in [2.24, 2.45) is 0 Å². The molecule has 6 nitrogen and oxygen atoms in total. The maximum Gasteiger partial charge on any atom is 0.294 e. The van der Waals surface area contributed by atoms with Crippen molar-refractivity contribution in [3.63, 3.8) is 0 Å². The molecule has 4 aromatic rings. The van der Waals surface area contributed by atoms with E-state index in [4.69, 9.17) is 0 Å². The predicted octanol–water partition coefficient (Wildman–Crippen LogP) is 6.54. The molecule has 3 aromatic carbocycles. The summed E-state index contributed by atoms with van der Waals surface area (Å²) in [5.41, 5.74) is 6.68. The molecular formula is C30H27N3O3S. The van der Waals surface area contributed by atoms with Crippen molar-refractivity contribution in [2.75, 3.05) is 11.9 Å².